The molecule has 3 aliphatic rings. The number of aliphatic hydroxyl groups excluding tert-OH is 1. The molecular weight excluding hydrogens is 849 g/mol. The Labute approximate surface area is 356 Å². The molecule has 3 aliphatic heterocycles. The van der Waals surface area contributed by atoms with Crippen LogP contribution in [-0.4, -0.2) is 91.6 Å². The van der Waals surface area contributed by atoms with Crippen molar-refractivity contribution < 1.29 is 36.0 Å². The van der Waals surface area contributed by atoms with Gasteiger partial charge in [-0.25, -0.2) is 13.8 Å². The first-order chi connectivity index (χ1) is 28.0. The van der Waals surface area contributed by atoms with E-state index < -0.39 is 103 Å². The summed E-state index contributed by atoms with van der Waals surface area (Å²) >= 11 is 0. The predicted molar refractivity (Wildman–Crippen MR) is 231 cm³/mol. The van der Waals surface area contributed by atoms with Gasteiger partial charge in [-0.15, -0.1) is 0 Å². The van der Waals surface area contributed by atoms with E-state index >= 15 is 0 Å². The third-order valence-electron chi connectivity index (χ3n) is 12.7. The average molecular weight is 909 g/mol. The number of allylic oxidation sites excluding steroid dienone is 2. The number of azide groups is 1. The van der Waals surface area contributed by atoms with E-state index in [9.17, 15) is 32.7 Å². The van der Waals surface area contributed by atoms with E-state index in [2.05, 4.69) is 30.8 Å². The molecule has 0 bridgehead atoms. The van der Waals surface area contributed by atoms with Crippen molar-refractivity contribution in [3.63, 3.8) is 0 Å². The number of rotatable bonds is 13. The predicted octanol–water partition coefficient (Wildman–Crippen LogP) is 3.37. The number of hydrogen-bond acceptors (Lipinski definition) is 14. The van der Waals surface area contributed by atoms with Gasteiger partial charge in [0.05, 0.1) is 36.5 Å². The van der Waals surface area contributed by atoms with Crippen molar-refractivity contribution in [1.82, 2.24) is 18.3 Å². The molecule has 5 heterocycles. The van der Waals surface area contributed by atoms with Crippen LogP contribution in [0.2, 0.25) is 36.3 Å². The van der Waals surface area contributed by atoms with E-state index in [0.717, 1.165) is 14.5 Å². The summed E-state index contributed by atoms with van der Waals surface area (Å²) in [5, 5.41) is 13.6. The second-order valence-corrected chi connectivity index (χ2v) is 29.9. The summed E-state index contributed by atoms with van der Waals surface area (Å²) in [7, 11) is -9.66. The van der Waals surface area contributed by atoms with Crippen molar-refractivity contribution in [1.29, 1.82) is 0 Å². The van der Waals surface area contributed by atoms with Gasteiger partial charge in [0.15, 0.2) is 28.5 Å². The highest BCUT2D eigenvalue weighted by atomic mass is 32.2. The van der Waals surface area contributed by atoms with Crippen LogP contribution >= 0.6 is 0 Å². The molecule has 5 rings (SSSR count). The fourth-order valence-corrected chi connectivity index (χ4v) is 10.5. The summed E-state index contributed by atoms with van der Waals surface area (Å²) in [5.74, 6) is 0. The zero-order valence-electron chi connectivity index (χ0n) is 36.9. The van der Waals surface area contributed by atoms with Crippen LogP contribution in [0, 0.1) is 13.8 Å². The van der Waals surface area contributed by atoms with E-state index in [1.165, 1.54) is 47.5 Å². The number of nitrogens with zero attached hydrogens (tertiary/aromatic N) is 7. The minimum Gasteiger partial charge on any atom is -0.414 e. The molecule has 20 nitrogen and oxygen atoms in total. The minimum absolute atomic E-state index is 0.0913. The van der Waals surface area contributed by atoms with E-state index in [1.807, 2.05) is 47.0 Å². The van der Waals surface area contributed by atoms with Gasteiger partial charge in [-0.1, -0.05) is 58.8 Å². The largest absolute Gasteiger partial charge is 0.414 e. The summed E-state index contributed by atoms with van der Waals surface area (Å²) in [6, 6.07) is -0.729. The number of aryl methyl sites for hydroxylation is 2. The van der Waals surface area contributed by atoms with Crippen LogP contribution in [0.15, 0.2) is 59.9 Å². The molecule has 23 heteroatoms. The number of aliphatic hydroxyl groups is 1. The molecule has 2 fully saturated rings. The Balaban J connectivity index is 1.55. The smallest absolute Gasteiger partial charge is 0.333 e. The van der Waals surface area contributed by atoms with Gasteiger partial charge in [0, 0.05) is 47.9 Å². The number of nitrogens with two attached hydrogens (primary N) is 1. The SMILES string of the molecule is Cc1cn([C@@H]2O[C@H](CO[Si](C)(C)C(C)(C)C)[C@@]3(OS(=O)(=O)C=C3N)[C@H]2O[Si](C)(C)C(C)(C)C)c(=O)n(C/C=C/Cn2c(=O)c(C)cn([C@H]3C[C@H](N=[N+]=[N-])[C@@H](CO)O3)c2=O)c1=O. The number of ether oxygens (including phenoxy) is 2. The van der Waals surface area contributed by atoms with Crippen LogP contribution in [0.4, 0.5) is 0 Å². The maximum atomic E-state index is 14.5. The molecule has 2 aromatic rings. The lowest BCUT2D eigenvalue weighted by Gasteiger charge is -2.43. The molecule has 2 saturated heterocycles. The first-order valence-electron chi connectivity index (χ1n) is 20.0. The highest BCUT2D eigenvalue weighted by Crippen LogP contribution is 2.52. The Kier molecular flexibility index (Phi) is 13.4. The Bertz CT molecular complexity index is 2490. The standard InChI is InChI=1S/C38H60N8O12SSi2/c1-23-18-45(29-17-25(41-42-40)26(20-47)55-29)34(50)43(31(23)48)15-13-14-16-44-32(49)24(2)19-46(35(44)51)33-30(57-61(11,12)37(6,7)8)38(27(39)22-59(52,53)58-38)28(56-33)21-54-60(9,10)36(3,4)5/h13-14,18-19,22,25-26,28-30,33,47H,15-17,20-21,39H2,1-12H3/b14-13+/t25-,26+,28+,29+,30-,33+,38+/m0/s1. The van der Waals surface area contributed by atoms with Crippen LogP contribution in [0.5, 0.6) is 0 Å². The van der Waals surface area contributed by atoms with Crippen molar-refractivity contribution in [2.24, 2.45) is 10.8 Å². The first-order valence-corrected chi connectivity index (χ1v) is 27.3. The van der Waals surface area contributed by atoms with Gasteiger partial charge in [0.1, 0.15) is 18.4 Å². The van der Waals surface area contributed by atoms with Gasteiger partial charge < -0.3 is 29.2 Å². The normalized spacial score (nSPS) is 26.9. The minimum atomic E-state index is -4.34. The second kappa shape index (κ2) is 17.0. The zero-order chi connectivity index (χ0) is 45.8. The fraction of sp³-hybridized carbons (Fsp3) is 0.684. The summed E-state index contributed by atoms with van der Waals surface area (Å²) < 4.78 is 62.7. The lowest BCUT2D eigenvalue weighted by molar-refractivity contribution is -0.0567. The number of aromatic nitrogens is 4. The van der Waals surface area contributed by atoms with Crippen molar-refractivity contribution in [3.05, 3.63) is 98.9 Å². The summed E-state index contributed by atoms with van der Waals surface area (Å²) in [4.78, 5) is 57.7. The van der Waals surface area contributed by atoms with Crippen molar-refractivity contribution >= 4 is 26.8 Å². The number of hydrogen-bond donors (Lipinski definition) is 2. The van der Waals surface area contributed by atoms with E-state index in [0.29, 0.717) is 0 Å². The molecule has 2 aromatic heterocycles. The van der Waals surface area contributed by atoms with E-state index in [-0.39, 0.29) is 48.0 Å². The van der Waals surface area contributed by atoms with Gasteiger partial charge in [0.2, 0.25) is 0 Å². The molecule has 0 radical (unpaired) electrons. The Morgan fingerprint density at radius 2 is 1.46 bits per heavy atom. The molecule has 3 N–H and O–H groups in total. The lowest BCUT2D eigenvalue weighted by atomic mass is 9.89. The third kappa shape index (κ3) is 9.13. The Morgan fingerprint density at radius 1 is 0.934 bits per heavy atom. The van der Waals surface area contributed by atoms with Crippen molar-refractivity contribution in [3.8, 4) is 0 Å². The third-order valence-corrected chi connectivity index (χ3v) is 22.7. The van der Waals surface area contributed by atoms with Crippen LogP contribution in [0.3, 0.4) is 0 Å². The topological polar surface area (TPSA) is 263 Å². The van der Waals surface area contributed by atoms with E-state index in [4.69, 9.17) is 33.8 Å². The van der Waals surface area contributed by atoms with E-state index in [1.54, 1.807) is 0 Å². The maximum Gasteiger partial charge on any atom is 0.333 e. The molecule has 0 amide bonds. The van der Waals surface area contributed by atoms with Gasteiger partial charge in [-0.2, -0.15) is 8.42 Å². The van der Waals surface area contributed by atoms with Crippen LogP contribution in [0.1, 0.15) is 71.5 Å². The van der Waals surface area contributed by atoms with Gasteiger partial charge in [-0.3, -0.25) is 27.9 Å². The molecule has 7 atom stereocenters. The molecule has 0 saturated carbocycles. The van der Waals surface area contributed by atoms with Crippen LogP contribution < -0.4 is 28.2 Å². The highest BCUT2D eigenvalue weighted by Gasteiger charge is 2.67. The highest BCUT2D eigenvalue weighted by molar-refractivity contribution is 7.90. The fourth-order valence-electron chi connectivity index (χ4n) is 7.04. The summed E-state index contributed by atoms with van der Waals surface area (Å²) in [6.07, 6.45) is 0.0990. The molecule has 338 valence electrons. The first kappa shape index (κ1) is 48.1. The van der Waals surface area contributed by atoms with Crippen molar-refractivity contribution in [2.75, 3.05) is 13.2 Å². The van der Waals surface area contributed by atoms with Crippen LogP contribution in [0.25, 0.3) is 10.4 Å². The van der Waals surface area contributed by atoms with Crippen LogP contribution in [-0.2, 0) is 45.7 Å². The van der Waals surface area contributed by atoms with Gasteiger partial charge in [0.25, 0.3) is 21.2 Å². The Hall–Kier alpha value is -3.91. The molecular formula is C38H60N8O12SSi2. The lowest BCUT2D eigenvalue weighted by Crippen LogP contribution is -2.59. The monoisotopic (exact) mass is 908 g/mol. The molecule has 0 aromatic carbocycles. The van der Waals surface area contributed by atoms with Crippen molar-refractivity contribution in [2.45, 2.75) is 154 Å². The molecule has 1 spiro atoms. The zero-order valence-corrected chi connectivity index (χ0v) is 39.8. The van der Waals surface area contributed by atoms with Gasteiger partial charge in [-0.05, 0) is 55.6 Å². The second-order valence-electron chi connectivity index (χ2n) is 19.0. The average Bonchev–Trinajstić information content (AvgIpc) is 3.76. The van der Waals surface area contributed by atoms with Gasteiger partial charge >= 0.3 is 11.4 Å². The quantitative estimate of drug-likeness (QED) is 0.0730. The maximum absolute atomic E-state index is 14.5. The summed E-state index contributed by atoms with van der Waals surface area (Å²) in [5.41, 5.74) is 11.1. The molecule has 0 unspecified atom stereocenters. The molecule has 61 heavy (non-hydrogen) atoms. The Morgan fingerprint density at radius 3 is 1.93 bits per heavy atom. The summed E-state index contributed by atoms with van der Waals surface area (Å²) in [6.45, 7) is 22.1. The molecule has 0 aliphatic carbocycles.